The zero-order valence-electron chi connectivity index (χ0n) is 7.09. The summed E-state index contributed by atoms with van der Waals surface area (Å²) in [5, 5.41) is 0. The van der Waals surface area contributed by atoms with E-state index < -0.39 is 0 Å². The van der Waals surface area contributed by atoms with Crippen molar-refractivity contribution in [2.24, 2.45) is 4.99 Å². The smallest absolute Gasteiger partial charge is 0.0646 e. The molecule has 0 aromatic heterocycles. The fourth-order valence-corrected chi connectivity index (χ4v) is 1.14. The molecule has 1 heteroatoms. The van der Waals surface area contributed by atoms with Crippen molar-refractivity contribution in [1.29, 1.82) is 0 Å². The third-order valence-corrected chi connectivity index (χ3v) is 1.69. The lowest BCUT2D eigenvalue weighted by Crippen LogP contribution is -1.88. The summed E-state index contributed by atoms with van der Waals surface area (Å²) in [6.45, 7) is 8.68. The van der Waals surface area contributed by atoms with Crippen LogP contribution in [-0.2, 0) is 0 Å². The van der Waals surface area contributed by atoms with E-state index in [0.29, 0.717) is 0 Å². The molecule has 1 rings (SSSR count). The van der Waals surface area contributed by atoms with Gasteiger partial charge in [-0.1, -0.05) is 24.3 Å². The van der Waals surface area contributed by atoms with Crippen LogP contribution >= 0.6 is 0 Å². The van der Waals surface area contributed by atoms with Crippen molar-refractivity contribution < 1.29 is 0 Å². The summed E-state index contributed by atoms with van der Waals surface area (Å²) in [4.78, 5) is 4.19. The number of nitrogens with zero attached hydrogens (tertiary/aromatic N) is 1. The van der Waals surface area contributed by atoms with Crippen molar-refractivity contribution in [1.82, 2.24) is 0 Å². The third-order valence-electron chi connectivity index (χ3n) is 1.69. The lowest BCUT2D eigenvalue weighted by Gasteiger charge is -1.98. The van der Waals surface area contributed by atoms with E-state index in [2.05, 4.69) is 25.4 Å². The molecule has 1 nitrogen and oxygen atoms in total. The van der Waals surface area contributed by atoms with E-state index in [4.69, 9.17) is 0 Å². The minimum Gasteiger partial charge on any atom is -0.288 e. The van der Waals surface area contributed by atoms with Gasteiger partial charge in [0, 0.05) is 6.21 Å². The first-order valence-corrected chi connectivity index (χ1v) is 3.75. The molecule has 0 saturated heterocycles. The van der Waals surface area contributed by atoms with Gasteiger partial charge in [0.2, 0.25) is 0 Å². The topological polar surface area (TPSA) is 12.4 Å². The largest absolute Gasteiger partial charge is 0.288 e. The lowest BCUT2D eigenvalue weighted by molar-refractivity contribution is 1.21. The van der Waals surface area contributed by atoms with Gasteiger partial charge in [0.1, 0.15) is 0 Å². The predicted molar refractivity (Wildman–Crippen MR) is 50.0 cm³/mol. The van der Waals surface area contributed by atoms with Gasteiger partial charge in [-0.05, 0) is 25.0 Å². The molecule has 1 aliphatic heterocycles. The Morgan fingerprint density at radius 2 is 2.36 bits per heavy atom. The Labute approximate surface area is 67.8 Å². The van der Waals surface area contributed by atoms with Crippen molar-refractivity contribution in [2.45, 2.75) is 13.8 Å². The van der Waals surface area contributed by atoms with E-state index in [1.54, 1.807) is 0 Å². The summed E-state index contributed by atoms with van der Waals surface area (Å²) in [6, 6.07) is 0. The second-order valence-corrected chi connectivity index (χ2v) is 2.81. The molecule has 0 aliphatic carbocycles. The van der Waals surface area contributed by atoms with Crippen molar-refractivity contribution in [2.75, 3.05) is 6.54 Å². The minimum absolute atomic E-state index is 0.812. The molecular formula is C10H13N. The first-order chi connectivity index (χ1) is 5.25. The Hall–Kier alpha value is -1.11. The Bertz CT molecular complexity index is 250. The van der Waals surface area contributed by atoms with Crippen LogP contribution in [0.4, 0.5) is 0 Å². The highest BCUT2D eigenvalue weighted by molar-refractivity contribution is 5.89. The van der Waals surface area contributed by atoms with Gasteiger partial charge in [-0.15, -0.1) is 0 Å². The maximum Gasteiger partial charge on any atom is 0.0646 e. The first-order valence-electron chi connectivity index (χ1n) is 3.75. The highest BCUT2D eigenvalue weighted by atomic mass is 14.7. The van der Waals surface area contributed by atoms with Crippen LogP contribution < -0.4 is 0 Å². The number of aliphatic imine (C=N–C) groups is 1. The van der Waals surface area contributed by atoms with Gasteiger partial charge >= 0.3 is 0 Å². The fourth-order valence-electron chi connectivity index (χ4n) is 1.14. The molecule has 1 aliphatic rings. The van der Waals surface area contributed by atoms with Crippen molar-refractivity contribution in [3.63, 3.8) is 0 Å². The highest BCUT2D eigenvalue weighted by Gasteiger charge is 2.08. The minimum atomic E-state index is 0.812. The zero-order valence-corrected chi connectivity index (χ0v) is 7.09. The molecule has 0 aromatic carbocycles. The van der Waals surface area contributed by atoms with Crippen LogP contribution in [-0.4, -0.2) is 12.8 Å². The Kier molecular flexibility index (Phi) is 2.42. The quantitative estimate of drug-likeness (QED) is 0.540. The second kappa shape index (κ2) is 3.33. The van der Waals surface area contributed by atoms with Gasteiger partial charge in [-0.2, -0.15) is 0 Å². The van der Waals surface area contributed by atoms with Crippen LogP contribution in [0.15, 0.2) is 40.4 Å². The van der Waals surface area contributed by atoms with E-state index in [-0.39, 0.29) is 0 Å². The van der Waals surface area contributed by atoms with Gasteiger partial charge in [0.05, 0.1) is 6.54 Å². The van der Waals surface area contributed by atoms with Crippen LogP contribution in [0.3, 0.4) is 0 Å². The molecular weight excluding hydrogens is 134 g/mol. The van der Waals surface area contributed by atoms with Crippen LogP contribution in [0.25, 0.3) is 0 Å². The number of allylic oxidation sites excluding steroid dienone is 3. The summed E-state index contributed by atoms with van der Waals surface area (Å²) < 4.78 is 0. The molecule has 1 heterocycles. The van der Waals surface area contributed by atoms with Crippen molar-refractivity contribution >= 4 is 6.21 Å². The number of rotatable bonds is 1. The molecule has 0 saturated carbocycles. The zero-order chi connectivity index (χ0) is 8.27. The van der Waals surface area contributed by atoms with E-state index >= 15 is 0 Å². The predicted octanol–water partition coefficient (Wildman–Crippen LogP) is 2.52. The average molecular weight is 147 g/mol. The molecule has 0 unspecified atom stereocenters. The molecule has 0 fully saturated rings. The average Bonchev–Trinajstić information content (AvgIpc) is 2.36. The summed E-state index contributed by atoms with van der Waals surface area (Å²) in [5.74, 6) is 0. The standard InChI is InChI=1S/C10H13N/c1-4-5-9-6-11-7-10(9)8(2)3/h4-5,7H,1,6H2,2-3H3/b9-5-. The monoisotopic (exact) mass is 147 g/mol. The SMILES string of the molecule is C=C/C=C1/CN=CC1=C(C)C. The summed E-state index contributed by atoms with van der Waals surface area (Å²) in [6.07, 6.45) is 5.77. The molecule has 0 spiro atoms. The Balaban J connectivity index is 2.98. The molecule has 0 N–H and O–H groups in total. The van der Waals surface area contributed by atoms with Crippen molar-refractivity contribution in [3.8, 4) is 0 Å². The molecule has 0 aromatic rings. The molecule has 0 bridgehead atoms. The highest BCUT2D eigenvalue weighted by Crippen LogP contribution is 2.18. The molecule has 58 valence electrons. The van der Waals surface area contributed by atoms with E-state index in [0.717, 1.165) is 6.54 Å². The molecule has 11 heavy (non-hydrogen) atoms. The molecule has 0 radical (unpaired) electrons. The van der Waals surface area contributed by atoms with E-state index in [9.17, 15) is 0 Å². The van der Waals surface area contributed by atoms with Crippen LogP contribution in [0, 0.1) is 0 Å². The maximum atomic E-state index is 4.19. The van der Waals surface area contributed by atoms with Gasteiger partial charge in [-0.3, -0.25) is 4.99 Å². The number of hydrogen-bond acceptors (Lipinski definition) is 1. The first kappa shape index (κ1) is 7.99. The fraction of sp³-hybridized carbons (Fsp3) is 0.300. The van der Waals surface area contributed by atoms with Crippen molar-refractivity contribution in [3.05, 3.63) is 35.5 Å². The second-order valence-electron chi connectivity index (χ2n) is 2.81. The Morgan fingerprint density at radius 1 is 1.64 bits per heavy atom. The van der Waals surface area contributed by atoms with Gasteiger partial charge in [0.25, 0.3) is 0 Å². The maximum absolute atomic E-state index is 4.19. The van der Waals surface area contributed by atoms with E-state index in [1.807, 2.05) is 18.4 Å². The summed E-state index contributed by atoms with van der Waals surface area (Å²) >= 11 is 0. The lowest BCUT2D eigenvalue weighted by atomic mass is 10.1. The summed E-state index contributed by atoms with van der Waals surface area (Å²) in [5.41, 5.74) is 3.87. The van der Waals surface area contributed by atoms with Crippen LogP contribution in [0.5, 0.6) is 0 Å². The molecule has 0 atom stereocenters. The normalized spacial score (nSPS) is 19.5. The Morgan fingerprint density at radius 3 is 2.91 bits per heavy atom. The van der Waals surface area contributed by atoms with Gasteiger partial charge in [-0.25, -0.2) is 0 Å². The van der Waals surface area contributed by atoms with E-state index in [1.165, 1.54) is 16.7 Å². The van der Waals surface area contributed by atoms with Crippen LogP contribution in [0.1, 0.15) is 13.8 Å². The number of hydrogen-bond donors (Lipinski definition) is 0. The van der Waals surface area contributed by atoms with Crippen LogP contribution in [0.2, 0.25) is 0 Å². The molecule has 0 amide bonds. The summed E-state index contributed by atoms with van der Waals surface area (Å²) in [7, 11) is 0. The third kappa shape index (κ3) is 1.67. The van der Waals surface area contributed by atoms with Gasteiger partial charge in [0.15, 0.2) is 0 Å². The van der Waals surface area contributed by atoms with Gasteiger partial charge < -0.3 is 0 Å².